The second kappa shape index (κ2) is 5.40. The van der Waals surface area contributed by atoms with Gasteiger partial charge in [0, 0.05) is 19.6 Å². The van der Waals surface area contributed by atoms with Crippen molar-refractivity contribution in [1.29, 1.82) is 0 Å². The van der Waals surface area contributed by atoms with Gasteiger partial charge in [0.1, 0.15) is 0 Å². The summed E-state index contributed by atoms with van der Waals surface area (Å²) in [4.78, 5) is 24.0. The summed E-state index contributed by atoms with van der Waals surface area (Å²) in [5.41, 5.74) is 0.155. The van der Waals surface area contributed by atoms with Gasteiger partial charge in [-0.15, -0.1) is 0 Å². The lowest BCUT2D eigenvalue weighted by molar-refractivity contribution is -0.139. The van der Waals surface area contributed by atoms with Gasteiger partial charge in [-0.05, 0) is 25.0 Å². The molecule has 1 amide bonds. The van der Waals surface area contributed by atoms with Crippen LogP contribution in [0.5, 0.6) is 0 Å². The van der Waals surface area contributed by atoms with Crippen LogP contribution in [-0.4, -0.2) is 35.7 Å². The van der Waals surface area contributed by atoms with Crippen LogP contribution in [-0.2, 0) is 16.0 Å². The van der Waals surface area contributed by atoms with E-state index in [1.165, 1.54) is 0 Å². The number of rotatable bonds is 4. The number of carbonyl (C=O) groups excluding carboxylic acids is 2. The zero-order valence-electron chi connectivity index (χ0n) is 10.8. The van der Waals surface area contributed by atoms with Crippen LogP contribution in [0.25, 0.3) is 0 Å². The molecular formula is C14H17NO4. The zero-order chi connectivity index (χ0) is 13.9. The molecule has 0 bridgehead atoms. The number of hydrogen-bond acceptors (Lipinski definition) is 4. The zero-order valence-corrected chi connectivity index (χ0v) is 10.8. The molecule has 1 aromatic rings. The Morgan fingerprint density at radius 2 is 2.21 bits per heavy atom. The van der Waals surface area contributed by atoms with Crippen LogP contribution in [0.3, 0.4) is 0 Å². The van der Waals surface area contributed by atoms with Gasteiger partial charge in [0.05, 0.1) is 5.56 Å². The molecule has 0 radical (unpaired) electrons. The Labute approximate surface area is 111 Å². The molecule has 2 rings (SSSR count). The Kier molecular flexibility index (Phi) is 3.85. The number of esters is 1. The van der Waals surface area contributed by atoms with Gasteiger partial charge in [0.25, 0.3) is 5.91 Å². The van der Waals surface area contributed by atoms with Crippen molar-refractivity contribution >= 4 is 11.9 Å². The van der Waals surface area contributed by atoms with Crippen molar-refractivity contribution in [1.82, 2.24) is 5.32 Å². The number of nitrogens with one attached hydrogen (secondary N) is 1. The second-order valence-electron chi connectivity index (χ2n) is 4.79. The molecule has 0 saturated carbocycles. The standard InChI is InChI=1S/C14H17NO4/c1-14(13(18)15-7-4-8-16)9-10-5-2-3-6-11(10)12(17)19-14/h2-3,5-6,16H,4,7-9H2,1H3,(H,15,18). The van der Waals surface area contributed by atoms with E-state index in [9.17, 15) is 9.59 Å². The normalized spacial score (nSPS) is 21.5. The third-order valence-electron chi connectivity index (χ3n) is 3.18. The number of ether oxygens (including phenoxy) is 1. The van der Waals surface area contributed by atoms with Crippen LogP contribution >= 0.6 is 0 Å². The molecule has 2 N–H and O–H groups in total. The predicted molar refractivity (Wildman–Crippen MR) is 68.7 cm³/mol. The molecule has 5 heteroatoms. The number of aliphatic hydroxyl groups excluding tert-OH is 1. The van der Waals surface area contributed by atoms with Crippen LogP contribution in [0.1, 0.15) is 29.3 Å². The Morgan fingerprint density at radius 1 is 1.47 bits per heavy atom. The van der Waals surface area contributed by atoms with Crippen molar-refractivity contribution in [2.45, 2.75) is 25.4 Å². The van der Waals surface area contributed by atoms with Gasteiger partial charge in [0.15, 0.2) is 5.60 Å². The molecule has 0 aliphatic carbocycles. The molecule has 1 unspecified atom stereocenters. The maximum Gasteiger partial charge on any atom is 0.339 e. The van der Waals surface area contributed by atoms with E-state index < -0.39 is 11.6 Å². The highest BCUT2D eigenvalue weighted by Crippen LogP contribution is 2.28. The Balaban J connectivity index is 2.14. The van der Waals surface area contributed by atoms with E-state index >= 15 is 0 Å². The largest absolute Gasteiger partial charge is 0.445 e. The molecule has 0 fully saturated rings. The van der Waals surface area contributed by atoms with Gasteiger partial charge < -0.3 is 15.2 Å². The van der Waals surface area contributed by atoms with E-state index in [2.05, 4.69) is 5.32 Å². The minimum absolute atomic E-state index is 0.0135. The first-order valence-electron chi connectivity index (χ1n) is 6.27. The summed E-state index contributed by atoms with van der Waals surface area (Å²) in [5, 5.41) is 11.4. The third kappa shape index (κ3) is 2.76. The van der Waals surface area contributed by atoms with Crippen LogP contribution < -0.4 is 5.32 Å². The summed E-state index contributed by atoms with van der Waals surface area (Å²) in [6.45, 7) is 1.98. The number of hydrogen-bond donors (Lipinski definition) is 2. The molecule has 1 aromatic carbocycles. The summed E-state index contributed by atoms with van der Waals surface area (Å²) >= 11 is 0. The molecule has 5 nitrogen and oxygen atoms in total. The van der Waals surface area contributed by atoms with Crippen molar-refractivity contribution in [2.24, 2.45) is 0 Å². The average Bonchev–Trinajstić information content (AvgIpc) is 2.38. The molecule has 102 valence electrons. The third-order valence-corrected chi connectivity index (χ3v) is 3.18. The van der Waals surface area contributed by atoms with Crippen molar-refractivity contribution in [2.75, 3.05) is 13.2 Å². The molecule has 1 heterocycles. The lowest BCUT2D eigenvalue weighted by atomic mass is 9.89. The average molecular weight is 263 g/mol. The van der Waals surface area contributed by atoms with Gasteiger partial charge in [-0.1, -0.05) is 18.2 Å². The maximum absolute atomic E-state index is 12.1. The first-order valence-corrected chi connectivity index (χ1v) is 6.27. The summed E-state index contributed by atoms with van der Waals surface area (Å²) in [6.07, 6.45) is 0.840. The summed E-state index contributed by atoms with van der Waals surface area (Å²) in [5.74, 6) is -0.800. The van der Waals surface area contributed by atoms with Gasteiger partial charge in [-0.2, -0.15) is 0 Å². The van der Waals surface area contributed by atoms with Crippen molar-refractivity contribution in [3.05, 3.63) is 35.4 Å². The molecule has 0 spiro atoms. The molecule has 1 aliphatic rings. The number of cyclic esters (lactones) is 1. The first-order chi connectivity index (χ1) is 9.07. The molecule has 19 heavy (non-hydrogen) atoms. The highest BCUT2D eigenvalue weighted by molar-refractivity contribution is 5.97. The Morgan fingerprint density at radius 3 is 2.95 bits per heavy atom. The van der Waals surface area contributed by atoms with E-state index in [1.54, 1.807) is 19.1 Å². The summed E-state index contributed by atoms with van der Waals surface area (Å²) in [6, 6.07) is 7.13. The van der Waals surface area contributed by atoms with E-state index in [0.717, 1.165) is 5.56 Å². The van der Waals surface area contributed by atoms with Crippen molar-refractivity contribution in [3.63, 3.8) is 0 Å². The molecule has 1 atom stereocenters. The fraction of sp³-hybridized carbons (Fsp3) is 0.429. The highest BCUT2D eigenvalue weighted by atomic mass is 16.6. The second-order valence-corrected chi connectivity index (χ2v) is 4.79. The van der Waals surface area contributed by atoms with Crippen molar-refractivity contribution in [3.8, 4) is 0 Å². The summed E-state index contributed by atoms with van der Waals surface area (Å²) < 4.78 is 5.28. The number of amides is 1. The number of aliphatic hydroxyl groups is 1. The van der Waals surface area contributed by atoms with E-state index in [1.807, 2.05) is 12.1 Å². The number of fused-ring (bicyclic) bond motifs is 1. The minimum atomic E-state index is -1.18. The number of benzene rings is 1. The monoisotopic (exact) mass is 263 g/mol. The Hall–Kier alpha value is -1.88. The lowest BCUT2D eigenvalue weighted by Gasteiger charge is -2.33. The van der Waals surface area contributed by atoms with Crippen LogP contribution in [0, 0.1) is 0 Å². The highest BCUT2D eigenvalue weighted by Gasteiger charge is 2.42. The van der Waals surface area contributed by atoms with Crippen LogP contribution in [0.2, 0.25) is 0 Å². The smallest absolute Gasteiger partial charge is 0.339 e. The lowest BCUT2D eigenvalue weighted by Crippen LogP contribution is -2.51. The maximum atomic E-state index is 12.1. The van der Waals surface area contributed by atoms with Gasteiger partial charge in [-0.3, -0.25) is 4.79 Å². The van der Waals surface area contributed by atoms with E-state index in [4.69, 9.17) is 9.84 Å². The van der Waals surface area contributed by atoms with Gasteiger partial charge in [-0.25, -0.2) is 4.79 Å². The fourth-order valence-electron chi connectivity index (χ4n) is 2.13. The Bertz CT molecular complexity index is 500. The minimum Gasteiger partial charge on any atom is -0.445 e. The van der Waals surface area contributed by atoms with Crippen LogP contribution in [0.4, 0.5) is 0 Å². The fourth-order valence-corrected chi connectivity index (χ4v) is 2.13. The van der Waals surface area contributed by atoms with Crippen LogP contribution in [0.15, 0.2) is 24.3 Å². The topological polar surface area (TPSA) is 75.6 Å². The van der Waals surface area contributed by atoms with Gasteiger partial charge >= 0.3 is 5.97 Å². The molecular weight excluding hydrogens is 246 g/mol. The molecule has 0 saturated heterocycles. The van der Waals surface area contributed by atoms with E-state index in [0.29, 0.717) is 24.9 Å². The molecule has 1 aliphatic heterocycles. The van der Waals surface area contributed by atoms with Gasteiger partial charge in [0.2, 0.25) is 0 Å². The SMILES string of the molecule is CC1(C(=O)NCCCO)Cc2ccccc2C(=O)O1. The predicted octanol–water partition coefficient (Wildman–Crippen LogP) is 0.657. The summed E-state index contributed by atoms with van der Waals surface area (Å²) in [7, 11) is 0. The van der Waals surface area contributed by atoms with E-state index in [-0.39, 0.29) is 12.5 Å². The number of carbonyl (C=O) groups is 2. The van der Waals surface area contributed by atoms with Crippen molar-refractivity contribution < 1.29 is 19.4 Å². The quantitative estimate of drug-likeness (QED) is 0.618. The molecule has 0 aromatic heterocycles. The first kappa shape index (κ1) is 13.5.